The van der Waals surface area contributed by atoms with Gasteiger partial charge in [0.05, 0.1) is 19.2 Å². The van der Waals surface area contributed by atoms with E-state index >= 15 is 0 Å². The second-order valence-electron chi connectivity index (χ2n) is 10.0. The fourth-order valence-corrected chi connectivity index (χ4v) is 5.35. The zero-order valence-corrected chi connectivity index (χ0v) is 21.0. The maximum absolute atomic E-state index is 13.5. The maximum Gasteiger partial charge on any atom is 0.416 e. The third-order valence-corrected chi connectivity index (χ3v) is 7.31. The van der Waals surface area contributed by atoms with Gasteiger partial charge in [0, 0.05) is 24.1 Å². The Morgan fingerprint density at radius 1 is 1.19 bits per heavy atom. The molecule has 1 fully saturated rings. The Morgan fingerprint density at radius 2 is 1.95 bits per heavy atom. The van der Waals surface area contributed by atoms with Crippen LogP contribution in [0.5, 0.6) is 11.5 Å². The van der Waals surface area contributed by atoms with E-state index in [1.165, 1.54) is 18.1 Å². The van der Waals surface area contributed by atoms with Crippen molar-refractivity contribution in [1.29, 1.82) is 0 Å². The molecule has 0 radical (unpaired) electrons. The Balaban J connectivity index is 1.44. The van der Waals surface area contributed by atoms with Crippen LogP contribution in [0.4, 0.5) is 13.2 Å². The molecule has 1 heterocycles. The number of amides is 1. The number of hydrogen-bond donors (Lipinski definition) is 2. The van der Waals surface area contributed by atoms with Crippen LogP contribution in [0.2, 0.25) is 0 Å². The molecule has 0 aromatic heterocycles. The van der Waals surface area contributed by atoms with E-state index < -0.39 is 17.7 Å². The fourth-order valence-electron chi connectivity index (χ4n) is 5.35. The third-order valence-electron chi connectivity index (χ3n) is 7.31. The van der Waals surface area contributed by atoms with Gasteiger partial charge in [-0.25, -0.2) is 4.79 Å². The Hall–Kier alpha value is -3.27. The number of alkyl halides is 3. The minimum atomic E-state index is -4.47. The summed E-state index contributed by atoms with van der Waals surface area (Å²) in [6, 6.07) is 8.37. The van der Waals surface area contributed by atoms with Crippen LogP contribution in [0.25, 0.3) is 0 Å². The van der Waals surface area contributed by atoms with Gasteiger partial charge in [0.25, 0.3) is 0 Å². The molecule has 2 N–H and O–H groups in total. The number of benzene rings is 2. The Bertz CT molecular complexity index is 1170. The minimum Gasteiger partial charge on any atom is -0.496 e. The summed E-state index contributed by atoms with van der Waals surface area (Å²) in [6.45, 7) is 4.63. The van der Waals surface area contributed by atoms with Crippen molar-refractivity contribution in [3.05, 3.63) is 58.7 Å². The van der Waals surface area contributed by atoms with Crippen molar-refractivity contribution < 1.29 is 37.3 Å². The molecule has 7 nitrogen and oxygen atoms in total. The SMILES string of the molecule is COc1ccc(CN[C@@H]2CC(C(C)C)[C@H](C(=O)N3COc4ccc(C(F)(F)F)cc4C3)C2)cc1C(=O)O. The summed E-state index contributed by atoms with van der Waals surface area (Å²) in [5.74, 6) is -0.507. The molecule has 3 atom stereocenters. The lowest BCUT2D eigenvalue weighted by Crippen LogP contribution is -2.42. The average molecular weight is 521 g/mol. The van der Waals surface area contributed by atoms with Gasteiger partial charge in [-0.05, 0) is 60.6 Å². The number of carbonyl (C=O) groups is 2. The summed E-state index contributed by atoms with van der Waals surface area (Å²) in [7, 11) is 1.42. The molecule has 200 valence electrons. The minimum absolute atomic E-state index is 0.000418. The molecule has 0 bridgehead atoms. The van der Waals surface area contributed by atoms with E-state index in [1.807, 2.05) is 0 Å². The van der Waals surface area contributed by atoms with Gasteiger partial charge >= 0.3 is 12.1 Å². The van der Waals surface area contributed by atoms with E-state index in [0.717, 1.165) is 24.1 Å². The summed E-state index contributed by atoms with van der Waals surface area (Å²) in [4.78, 5) is 26.5. The first-order valence-corrected chi connectivity index (χ1v) is 12.2. The molecule has 0 saturated heterocycles. The van der Waals surface area contributed by atoms with Crippen molar-refractivity contribution in [1.82, 2.24) is 10.2 Å². The summed E-state index contributed by atoms with van der Waals surface area (Å²) in [5, 5.41) is 12.9. The van der Waals surface area contributed by atoms with Gasteiger partial charge in [-0.1, -0.05) is 19.9 Å². The van der Waals surface area contributed by atoms with Crippen molar-refractivity contribution >= 4 is 11.9 Å². The zero-order valence-electron chi connectivity index (χ0n) is 21.0. The van der Waals surface area contributed by atoms with Crippen molar-refractivity contribution in [2.75, 3.05) is 13.8 Å². The van der Waals surface area contributed by atoms with Gasteiger partial charge < -0.3 is 24.8 Å². The zero-order chi connectivity index (χ0) is 26.9. The third kappa shape index (κ3) is 5.84. The van der Waals surface area contributed by atoms with Crippen LogP contribution in [-0.4, -0.2) is 41.8 Å². The van der Waals surface area contributed by atoms with Crippen LogP contribution < -0.4 is 14.8 Å². The number of rotatable bonds is 7. The summed E-state index contributed by atoms with van der Waals surface area (Å²) in [6.07, 6.45) is -3.13. The lowest BCUT2D eigenvalue weighted by Gasteiger charge is -2.33. The normalized spacial score (nSPS) is 21.5. The summed E-state index contributed by atoms with van der Waals surface area (Å²) < 4.78 is 50.3. The Morgan fingerprint density at radius 3 is 2.59 bits per heavy atom. The van der Waals surface area contributed by atoms with Crippen LogP contribution in [0.15, 0.2) is 36.4 Å². The standard InChI is InChI=1S/C27H31F3N2O5/c1-15(2)20-10-19(31-12-16-4-6-24(36-3)22(8-16)26(34)35)11-21(20)25(33)32-13-17-9-18(27(28,29)30)5-7-23(17)37-14-32/h4-9,15,19-21,31H,10-14H2,1-3H3,(H,34,35)/t19-,20?,21-/m1/s1. The molecule has 2 aromatic carbocycles. The molecule has 1 saturated carbocycles. The van der Waals surface area contributed by atoms with Crippen LogP contribution in [0.1, 0.15) is 53.7 Å². The largest absolute Gasteiger partial charge is 0.496 e. The van der Waals surface area contributed by atoms with Crippen LogP contribution in [0.3, 0.4) is 0 Å². The molecule has 1 aliphatic heterocycles. The number of carboxylic acid groups (broad SMARTS) is 1. The molecule has 2 aliphatic rings. The highest BCUT2D eigenvalue weighted by Gasteiger charge is 2.42. The predicted molar refractivity (Wildman–Crippen MR) is 129 cm³/mol. The monoisotopic (exact) mass is 520 g/mol. The van der Waals surface area contributed by atoms with Crippen molar-refractivity contribution in [2.45, 2.75) is 52.0 Å². The number of halogens is 3. The van der Waals surface area contributed by atoms with E-state index in [0.29, 0.717) is 24.3 Å². The van der Waals surface area contributed by atoms with Gasteiger partial charge in [0.2, 0.25) is 5.91 Å². The van der Waals surface area contributed by atoms with Crippen LogP contribution in [0, 0.1) is 17.8 Å². The molecular weight excluding hydrogens is 489 g/mol. The second-order valence-corrected chi connectivity index (χ2v) is 10.0. The molecule has 1 amide bonds. The van der Waals surface area contributed by atoms with E-state index in [2.05, 4.69) is 19.2 Å². The fraction of sp³-hybridized carbons (Fsp3) is 0.481. The lowest BCUT2D eigenvalue weighted by atomic mass is 9.85. The highest BCUT2D eigenvalue weighted by atomic mass is 19.4. The smallest absolute Gasteiger partial charge is 0.416 e. The number of fused-ring (bicyclic) bond motifs is 1. The maximum atomic E-state index is 13.5. The number of carbonyl (C=O) groups excluding carboxylic acids is 1. The second kappa shape index (κ2) is 10.6. The molecule has 2 aromatic rings. The van der Waals surface area contributed by atoms with Crippen LogP contribution >= 0.6 is 0 Å². The van der Waals surface area contributed by atoms with E-state index in [-0.39, 0.29) is 54.3 Å². The van der Waals surface area contributed by atoms with Crippen molar-refractivity contribution in [3.63, 3.8) is 0 Å². The predicted octanol–water partition coefficient (Wildman–Crippen LogP) is 4.93. The number of aromatic carboxylic acids is 1. The average Bonchev–Trinajstić information content (AvgIpc) is 3.30. The van der Waals surface area contributed by atoms with Crippen LogP contribution in [-0.2, 0) is 24.1 Å². The first kappa shape index (κ1) is 26.8. The lowest BCUT2D eigenvalue weighted by molar-refractivity contribution is -0.142. The quantitative estimate of drug-likeness (QED) is 0.538. The molecule has 0 spiro atoms. The number of carboxylic acids is 1. The summed E-state index contributed by atoms with van der Waals surface area (Å²) in [5.41, 5.74) is 0.451. The molecule has 10 heteroatoms. The highest BCUT2D eigenvalue weighted by Crippen LogP contribution is 2.40. The van der Waals surface area contributed by atoms with Gasteiger partial charge in [-0.3, -0.25) is 4.79 Å². The molecular formula is C27H31F3N2O5. The van der Waals surface area contributed by atoms with Crippen molar-refractivity contribution in [3.8, 4) is 11.5 Å². The van der Waals surface area contributed by atoms with Gasteiger partial charge in [-0.2, -0.15) is 13.2 Å². The van der Waals surface area contributed by atoms with E-state index in [1.54, 1.807) is 18.2 Å². The first-order valence-electron chi connectivity index (χ1n) is 12.2. The highest BCUT2D eigenvalue weighted by molar-refractivity contribution is 5.91. The van der Waals surface area contributed by atoms with E-state index in [9.17, 15) is 27.9 Å². The number of nitrogens with one attached hydrogen (secondary N) is 1. The summed E-state index contributed by atoms with van der Waals surface area (Å²) >= 11 is 0. The van der Waals surface area contributed by atoms with Gasteiger partial charge in [-0.15, -0.1) is 0 Å². The van der Waals surface area contributed by atoms with E-state index in [4.69, 9.17) is 9.47 Å². The molecule has 1 unspecified atom stereocenters. The number of hydrogen-bond acceptors (Lipinski definition) is 5. The molecule has 4 rings (SSSR count). The Labute approximate surface area is 213 Å². The number of nitrogens with zero attached hydrogens (tertiary/aromatic N) is 1. The van der Waals surface area contributed by atoms with Gasteiger partial charge in [0.1, 0.15) is 17.1 Å². The molecule has 1 aliphatic carbocycles. The first-order chi connectivity index (χ1) is 17.5. The number of methoxy groups -OCH3 is 1. The topological polar surface area (TPSA) is 88.1 Å². The molecule has 37 heavy (non-hydrogen) atoms. The van der Waals surface area contributed by atoms with Gasteiger partial charge in [0.15, 0.2) is 6.73 Å². The Kier molecular flexibility index (Phi) is 7.68. The number of ether oxygens (including phenoxy) is 2. The van der Waals surface area contributed by atoms with Crippen molar-refractivity contribution in [2.24, 2.45) is 17.8 Å².